The third-order valence-corrected chi connectivity index (χ3v) is 7.59. The molecule has 1 amide bonds. The van der Waals surface area contributed by atoms with Crippen molar-refractivity contribution in [2.45, 2.75) is 32.0 Å². The van der Waals surface area contributed by atoms with E-state index in [4.69, 9.17) is 24.1 Å². The van der Waals surface area contributed by atoms with E-state index in [1.807, 2.05) is 19.1 Å². The van der Waals surface area contributed by atoms with Crippen molar-refractivity contribution in [3.63, 3.8) is 0 Å². The second-order valence-corrected chi connectivity index (χ2v) is 10.5. The number of anilines is 1. The number of carbonyl (C=O) groups is 1. The highest BCUT2D eigenvalue weighted by Gasteiger charge is 2.37. The summed E-state index contributed by atoms with van der Waals surface area (Å²) in [6.07, 6.45) is 3.65. The Labute approximate surface area is 242 Å². The molecular weight excluding hydrogens is 567 g/mol. The predicted molar refractivity (Wildman–Crippen MR) is 152 cm³/mol. The number of ether oxygens (including phenoxy) is 4. The van der Waals surface area contributed by atoms with Crippen LogP contribution < -0.4 is 19.5 Å². The first-order valence-corrected chi connectivity index (χ1v) is 13.8. The molecule has 2 atom stereocenters. The van der Waals surface area contributed by atoms with E-state index in [1.165, 1.54) is 36.9 Å². The van der Waals surface area contributed by atoms with Gasteiger partial charge >= 0.3 is 12.1 Å². The molecule has 0 bridgehead atoms. The quantitative estimate of drug-likeness (QED) is 0.245. The number of hydrogen-bond acceptors (Lipinski definition) is 12. The van der Waals surface area contributed by atoms with Gasteiger partial charge in [0.25, 0.3) is 0 Å². The molecule has 12 nitrogen and oxygen atoms in total. The first-order valence-electron chi connectivity index (χ1n) is 13.0. The van der Waals surface area contributed by atoms with Crippen molar-refractivity contribution in [1.82, 2.24) is 24.9 Å². The van der Waals surface area contributed by atoms with Crippen LogP contribution in [0, 0.1) is 12.7 Å². The lowest BCUT2D eigenvalue weighted by atomic mass is 9.92. The number of benzene rings is 2. The lowest BCUT2D eigenvalue weighted by molar-refractivity contribution is -0.0431. The molecule has 1 aliphatic rings. The van der Waals surface area contributed by atoms with Crippen LogP contribution in [0.15, 0.2) is 42.9 Å². The second kappa shape index (κ2) is 11.7. The number of thiazole rings is 1. The minimum Gasteiger partial charge on any atom is -0.483 e. The number of rotatable bonds is 9. The Hall–Kier alpha value is -4.69. The standard InChI is InChI=1S/C28H25FN6O6S/c1-14-7-16(25-19(8-14)34-24(38-2)13-30-25)26-35-18-9-17(29)22(10-23(18)42-26)40-20-3-4-21(20)41-28(37)33-15-11-31-27(32-12-15)39-6-5-36/h7-13,20-21,36H,3-6H2,1-2H3,(H,33,37)/t20-,21+/m1/s1. The maximum Gasteiger partial charge on any atom is 0.412 e. The average molecular weight is 593 g/mol. The number of hydrogen-bond donors (Lipinski definition) is 2. The normalized spacial score (nSPS) is 16.2. The van der Waals surface area contributed by atoms with Crippen molar-refractivity contribution < 1.29 is 33.2 Å². The van der Waals surface area contributed by atoms with Crippen LogP contribution in [0.2, 0.25) is 0 Å². The Balaban J connectivity index is 1.15. The molecule has 0 unspecified atom stereocenters. The largest absolute Gasteiger partial charge is 0.483 e. The molecule has 5 aromatic rings. The molecule has 216 valence electrons. The predicted octanol–water partition coefficient (Wildman–Crippen LogP) is 4.68. The Kier molecular flexibility index (Phi) is 7.63. The smallest absolute Gasteiger partial charge is 0.412 e. The molecule has 3 aromatic heterocycles. The van der Waals surface area contributed by atoms with Crippen LogP contribution >= 0.6 is 11.3 Å². The van der Waals surface area contributed by atoms with Gasteiger partial charge in [-0.15, -0.1) is 11.3 Å². The van der Waals surface area contributed by atoms with E-state index < -0.39 is 24.1 Å². The summed E-state index contributed by atoms with van der Waals surface area (Å²) in [6, 6.07) is 6.92. The van der Waals surface area contributed by atoms with E-state index in [9.17, 15) is 4.79 Å². The molecule has 2 aromatic carbocycles. The number of aliphatic hydroxyl groups is 1. The van der Waals surface area contributed by atoms with Crippen molar-refractivity contribution in [2.24, 2.45) is 0 Å². The summed E-state index contributed by atoms with van der Waals surface area (Å²) in [5.41, 5.74) is 3.91. The van der Waals surface area contributed by atoms with E-state index in [-0.39, 0.29) is 25.0 Å². The third-order valence-electron chi connectivity index (χ3n) is 6.53. The molecule has 6 rings (SSSR count). The van der Waals surface area contributed by atoms with Crippen LogP contribution in [-0.4, -0.2) is 68.7 Å². The van der Waals surface area contributed by atoms with E-state index in [0.717, 1.165) is 15.8 Å². The highest BCUT2D eigenvalue weighted by atomic mass is 32.1. The van der Waals surface area contributed by atoms with Crippen molar-refractivity contribution in [1.29, 1.82) is 0 Å². The molecule has 1 saturated carbocycles. The molecule has 0 aliphatic heterocycles. The summed E-state index contributed by atoms with van der Waals surface area (Å²) in [4.78, 5) is 33.9. The fourth-order valence-corrected chi connectivity index (χ4v) is 5.39. The Morgan fingerprint density at radius 1 is 1.07 bits per heavy atom. The zero-order valence-electron chi connectivity index (χ0n) is 22.5. The summed E-state index contributed by atoms with van der Waals surface area (Å²) in [6.45, 7) is 1.85. The number of aromatic nitrogens is 5. The van der Waals surface area contributed by atoms with Gasteiger partial charge in [0.2, 0.25) is 5.88 Å². The number of nitrogens with zero attached hydrogens (tertiary/aromatic N) is 5. The van der Waals surface area contributed by atoms with Crippen LogP contribution in [0.5, 0.6) is 17.6 Å². The topological polar surface area (TPSA) is 151 Å². The van der Waals surface area contributed by atoms with Crippen LogP contribution in [0.25, 0.3) is 31.8 Å². The van der Waals surface area contributed by atoms with Gasteiger partial charge in [-0.2, -0.15) is 0 Å². The third kappa shape index (κ3) is 5.71. The number of halogens is 1. The summed E-state index contributed by atoms with van der Waals surface area (Å²) in [5, 5.41) is 12.0. The molecule has 14 heteroatoms. The zero-order chi connectivity index (χ0) is 29.2. The maximum atomic E-state index is 15.1. The molecule has 0 radical (unpaired) electrons. The summed E-state index contributed by atoms with van der Waals surface area (Å²) < 4.78 is 37.5. The molecule has 1 fully saturated rings. The van der Waals surface area contributed by atoms with E-state index >= 15 is 4.39 Å². The average Bonchev–Trinajstić information content (AvgIpc) is 3.39. The van der Waals surface area contributed by atoms with Gasteiger partial charge in [-0.1, -0.05) is 0 Å². The summed E-state index contributed by atoms with van der Waals surface area (Å²) in [5.74, 6) is -0.0910. The van der Waals surface area contributed by atoms with E-state index in [1.54, 1.807) is 12.3 Å². The number of fused-ring (bicyclic) bond motifs is 2. The number of carbonyl (C=O) groups excluding carboxylic acids is 1. The second-order valence-electron chi connectivity index (χ2n) is 9.49. The van der Waals surface area contributed by atoms with Gasteiger partial charge < -0.3 is 24.1 Å². The van der Waals surface area contributed by atoms with Gasteiger partial charge in [-0.3, -0.25) is 5.32 Å². The lowest BCUT2D eigenvalue weighted by Gasteiger charge is -2.35. The number of nitrogens with one attached hydrogen (secondary N) is 1. The lowest BCUT2D eigenvalue weighted by Crippen LogP contribution is -2.45. The zero-order valence-corrected chi connectivity index (χ0v) is 23.4. The number of amides is 1. The fraction of sp³-hybridized carbons (Fsp3) is 0.286. The molecule has 42 heavy (non-hydrogen) atoms. The first-order chi connectivity index (χ1) is 20.4. The van der Waals surface area contributed by atoms with Crippen LogP contribution in [0.3, 0.4) is 0 Å². The Morgan fingerprint density at radius 3 is 2.62 bits per heavy atom. The Morgan fingerprint density at radius 2 is 1.88 bits per heavy atom. The number of methoxy groups -OCH3 is 1. The first kappa shape index (κ1) is 27.5. The molecule has 1 aliphatic carbocycles. The SMILES string of the molecule is COc1cnc2c(-c3nc4cc(F)c(O[C@@H]5CC[C@@H]5OC(=O)Nc5cnc(OCCO)nc5)cc4s3)cc(C)cc2n1. The molecule has 3 heterocycles. The van der Waals surface area contributed by atoms with Crippen LogP contribution in [0.1, 0.15) is 18.4 Å². The minimum absolute atomic E-state index is 0.0573. The van der Waals surface area contributed by atoms with Gasteiger partial charge in [0.15, 0.2) is 11.6 Å². The van der Waals surface area contributed by atoms with Gasteiger partial charge in [0, 0.05) is 17.7 Å². The van der Waals surface area contributed by atoms with Crippen molar-refractivity contribution in [2.75, 3.05) is 25.6 Å². The van der Waals surface area contributed by atoms with Crippen molar-refractivity contribution in [3.8, 4) is 28.2 Å². The number of aryl methyl sites for hydroxylation is 1. The van der Waals surface area contributed by atoms with Gasteiger partial charge in [-0.25, -0.2) is 34.1 Å². The molecule has 2 N–H and O–H groups in total. The van der Waals surface area contributed by atoms with Gasteiger partial charge in [0.1, 0.15) is 23.8 Å². The highest BCUT2D eigenvalue weighted by Crippen LogP contribution is 2.38. The van der Waals surface area contributed by atoms with Crippen molar-refractivity contribution >= 4 is 44.4 Å². The highest BCUT2D eigenvalue weighted by molar-refractivity contribution is 7.21. The van der Waals surface area contributed by atoms with E-state index in [2.05, 4.69) is 30.2 Å². The molecule has 0 spiro atoms. The van der Waals surface area contributed by atoms with E-state index in [0.29, 0.717) is 46.0 Å². The maximum absolute atomic E-state index is 15.1. The summed E-state index contributed by atoms with van der Waals surface area (Å²) >= 11 is 1.39. The van der Waals surface area contributed by atoms with Crippen LogP contribution in [0.4, 0.5) is 14.9 Å². The minimum atomic E-state index is -0.713. The fourth-order valence-electron chi connectivity index (χ4n) is 4.39. The van der Waals surface area contributed by atoms with Gasteiger partial charge in [0.05, 0.1) is 59.2 Å². The Bertz CT molecular complexity index is 1770. The van der Waals surface area contributed by atoms with Crippen LogP contribution in [-0.2, 0) is 4.74 Å². The summed E-state index contributed by atoms with van der Waals surface area (Å²) in [7, 11) is 1.54. The van der Waals surface area contributed by atoms with Crippen molar-refractivity contribution in [3.05, 3.63) is 54.2 Å². The molecular formula is C28H25FN6O6S. The van der Waals surface area contributed by atoms with Gasteiger partial charge in [-0.05, 0) is 37.5 Å². The monoisotopic (exact) mass is 592 g/mol. The molecule has 0 saturated heterocycles. The number of aliphatic hydroxyl groups excluding tert-OH is 1.